The summed E-state index contributed by atoms with van der Waals surface area (Å²) in [7, 11) is 1.75. The van der Waals surface area contributed by atoms with Crippen LogP contribution in [0.2, 0.25) is 5.02 Å². The first-order valence-electron chi connectivity index (χ1n) is 14.7. The summed E-state index contributed by atoms with van der Waals surface area (Å²) >= 11 is 6.00. The largest absolute Gasteiger partial charge is 0.475 e. The number of nitrogens with zero attached hydrogens (tertiary/aromatic N) is 6. The number of benzene rings is 1. The first-order chi connectivity index (χ1) is 21.3. The topological polar surface area (TPSA) is 113 Å². The Bertz CT molecular complexity index is 1750. The number of pyridine rings is 1. The summed E-state index contributed by atoms with van der Waals surface area (Å²) in [6.07, 6.45) is -2.55. The van der Waals surface area contributed by atoms with Crippen LogP contribution >= 0.6 is 11.6 Å². The third kappa shape index (κ3) is 4.77. The second-order valence-corrected chi connectivity index (χ2v) is 13.0. The highest BCUT2D eigenvalue weighted by Crippen LogP contribution is 2.49. The van der Waals surface area contributed by atoms with Crippen LogP contribution in [0.1, 0.15) is 44.1 Å². The van der Waals surface area contributed by atoms with E-state index in [1.165, 1.54) is 0 Å². The van der Waals surface area contributed by atoms with Gasteiger partial charge in [0.05, 0.1) is 27.7 Å². The molecule has 2 N–H and O–H groups in total. The van der Waals surface area contributed by atoms with Gasteiger partial charge in [-0.05, 0) is 50.8 Å². The maximum absolute atomic E-state index is 16.6. The molecule has 1 aliphatic carbocycles. The molecule has 2 unspecified atom stereocenters. The molecule has 2 aromatic heterocycles. The zero-order valence-corrected chi connectivity index (χ0v) is 25.0. The second-order valence-electron chi connectivity index (χ2n) is 12.6. The summed E-state index contributed by atoms with van der Waals surface area (Å²) in [6, 6.07) is 3.97. The van der Waals surface area contributed by atoms with Crippen molar-refractivity contribution in [3.05, 3.63) is 28.5 Å². The van der Waals surface area contributed by atoms with Gasteiger partial charge in [-0.25, -0.2) is 13.8 Å². The standard InChI is InChI=1S/C30H29ClF5N7O2/c1-42-25-20-24(40-27(41-25)45-14-29-4-2-6-43(29)12-16(32)10-29)22(33)23(18-7-17(38)8-19(31)21(18)30(34,35)36)39-26(20)44-13-28(42)5-3-15(9-28)11-37/h7-8,15-16H,2-6,9-10,12-14,38H2,1H3/t15?,16-,28?,29+/m1/s1. The molecule has 4 atom stereocenters. The van der Waals surface area contributed by atoms with E-state index in [2.05, 4.69) is 21.0 Å². The Labute approximate surface area is 260 Å². The smallest absolute Gasteiger partial charge is 0.418 e. The molecule has 3 aromatic rings. The molecular weight excluding hydrogens is 621 g/mol. The van der Waals surface area contributed by atoms with Gasteiger partial charge >= 0.3 is 12.2 Å². The van der Waals surface area contributed by atoms with Gasteiger partial charge in [-0.15, -0.1) is 0 Å². The lowest BCUT2D eigenvalue weighted by Gasteiger charge is -2.37. The summed E-state index contributed by atoms with van der Waals surface area (Å²) < 4.78 is 86.0. The number of nitrogens with two attached hydrogens (primary N) is 1. The van der Waals surface area contributed by atoms with E-state index in [9.17, 15) is 22.8 Å². The SMILES string of the molecule is CN1c2nc(OC[C@@]34CCCN3C[C@H](F)C4)nc3c(F)c(-c4cc(N)cc(Cl)c4C(F)(F)F)nc(c23)OCC12CCC(C#N)C2. The normalized spacial score (nSPS) is 27.9. The van der Waals surface area contributed by atoms with Crippen LogP contribution in [0, 0.1) is 23.1 Å². The Kier molecular flexibility index (Phi) is 6.94. The van der Waals surface area contributed by atoms with E-state index < -0.39 is 51.1 Å². The molecule has 3 fully saturated rings. The van der Waals surface area contributed by atoms with Crippen LogP contribution in [0.15, 0.2) is 12.1 Å². The van der Waals surface area contributed by atoms with Gasteiger partial charge in [0.15, 0.2) is 5.82 Å². The average molecular weight is 650 g/mol. The molecule has 45 heavy (non-hydrogen) atoms. The van der Waals surface area contributed by atoms with Gasteiger partial charge in [0.1, 0.15) is 41.8 Å². The summed E-state index contributed by atoms with van der Waals surface area (Å²) in [5, 5.41) is 8.99. The van der Waals surface area contributed by atoms with Crippen molar-refractivity contribution in [1.82, 2.24) is 19.9 Å². The number of ether oxygens (including phenoxy) is 2. The predicted molar refractivity (Wildman–Crippen MR) is 155 cm³/mol. The fourth-order valence-corrected chi connectivity index (χ4v) is 7.95. The summed E-state index contributed by atoms with van der Waals surface area (Å²) in [4.78, 5) is 17.1. The lowest BCUT2D eigenvalue weighted by atomic mass is 9.95. The first kappa shape index (κ1) is 30.0. The predicted octanol–water partition coefficient (Wildman–Crippen LogP) is 5.93. The molecule has 0 radical (unpaired) electrons. The zero-order chi connectivity index (χ0) is 31.9. The van der Waals surface area contributed by atoms with Crippen LogP contribution in [0.4, 0.5) is 33.5 Å². The average Bonchev–Trinajstić information content (AvgIpc) is 3.64. The van der Waals surface area contributed by atoms with Gasteiger partial charge in [0.2, 0.25) is 5.88 Å². The Balaban J connectivity index is 1.41. The van der Waals surface area contributed by atoms with Gasteiger partial charge in [0, 0.05) is 37.2 Å². The van der Waals surface area contributed by atoms with Crippen LogP contribution in [0.25, 0.3) is 22.2 Å². The Hall–Kier alpha value is -3.70. The molecule has 4 aliphatic rings. The number of hydrogen-bond donors (Lipinski definition) is 1. The highest BCUT2D eigenvalue weighted by molar-refractivity contribution is 6.32. The molecule has 0 bridgehead atoms. The van der Waals surface area contributed by atoms with Gasteiger partial charge < -0.3 is 20.1 Å². The second kappa shape index (κ2) is 10.4. The van der Waals surface area contributed by atoms with Crippen molar-refractivity contribution in [3.63, 3.8) is 0 Å². The number of fused-ring (bicyclic) bond motifs is 1. The zero-order valence-electron chi connectivity index (χ0n) is 24.2. The molecule has 3 aliphatic heterocycles. The molecule has 9 nitrogen and oxygen atoms in total. The number of nitriles is 1. The molecule has 5 heterocycles. The van der Waals surface area contributed by atoms with Gasteiger partial charge in [0.25, 0.3) is 0 Å². The maximum Gasteiger partial charge on any atom is 0.418 e. The minimum absolute atomic E-state index is 0.0151. The van der Waals surface area contributed by atoms with Crippen LogP contribution in [-0.4, -0.2) is 70.5 Å². The van der Waals surface area contributed by atoms with Crippen molar-refractivity contribution in [2.24, 2.45) is 5.92 Å². The molecule has 1 aromatic carbocycles. The summed E-state index contributed by atoms with van der Waals surface area (Å²) in [5.74, 6) is -1.40. The fraction of sp³-hybridized carbons (Fsp3) is 0.533. The highest BCUT2D eigenvalue weighted by atomic mass is 35.5. The van der Waals surface area contributed by atoms with Crippen LogP contribution in [0.3, 0.4) is 0 Å². The Morgan fingerprint density at radius 3 is 2.76 bits per heavy atom. The molecule has 2 saturated heterocycles. The number of anilines is 2. The minimum Gasteiger partial charge on any atom is -0.475 e. The van der Waals surface area contributed by atoms with Crippen molar-refractivity contribution < 1.29 is 31.4 Å². The number of hydrogen-bond acceptors (Lipinski definition) is 9. The monoisotopic (exact) mass is 649 g/mol. The number of halogens is 6. The van der Waals surface area contributed by atoms with E-state index in [0.717, 1.165) is 25.1 Å². The number of alkyl halides is 4. The maximum atomic E-state index is 16.6. The lowest BCUT2D eigenvalue weighted by molar-refractivity contribution is -0.137. The van der Waals surface area contributed by atoms with E-state index in [-0.39, 0.29) is 59.9 Å². The van der Waals surface area contributed by atoms with Crippen molar-refractivity contribution in [3.8, 4) is 29.2 Å². The molecular formula is C30H29ClF5N7O2. The molecule has 0 amide bonds. The van der Waals surface area contributed by atoms with Gasteiger partial charge in [-0.2, -0.15) is 28.4 Å². The van der Waals surface area contributed by atoms with Gasteiger partial charge in [-0.3, -0.25) is 4.90 Å². The third-order valence-electron chi connectivity index (χ3n) is 9.87. The molecule has 238 valence electrons. The van der Waals surface area contributed by atoms with Crippen molar-refractivity contribution in [2.45, 2.75) is 62.0 Å². The van der Waals surface area contributed by atoms with Crippen molar-refractivity contribution in [2.75, 3.05) is 44.0 Å². The van der Waals surface area contributed by atoms with Crippen molar-refractivity contribution in [1.29, 1.82) is 5.26 Å². The third-order valence-corrected chi connectivity index (χ3v) is 10.2. The Morgan fingerprint density at radius 1 is 1.22 bits per heavy atom. The number of likely N-dealkylation sites (N-methyl/N-ethyl adjacent to an activating group) is 1. The van der Waals surface area contributed by atoms with E-state index in [0.29, 0.717) is 32.2 Å². The van der Waals surface area contributed by atoms with E-state index >= 15 is 4.39 Å². The number of nitrogen functional groups attached to an aromatic ring is 1. The van der Waals surface area contributed by atoms with Crippen LogP contribution in [0.5, 0.6) is 11.9 Å². The van der Waals surface area contributed by atoms with E-state index in [4.69, 9.17) is 26.8 Å². The quantitative estimate of drug-likeness (QED) is 0.271. The molecule has 7 rings (SSSR count). The van der Waals surface area contributed by atoms with E-state index in [1.807, 2.05) is 9.80 Å². The van der Waals surface area contributed by atoms with E-state index in [1.54, 1.807) is 7.05 Å². The number of aromatic nitrogens is 3. The minimum atomic E-state index is -4.97. The molecule has 1 spiro atoms. The van der Waals surface area contributed by atoms with Crippen LogP contribution in [-0.2, 0) is 6.18 Å². The van der Waals surface area contributed by atoms with Crippen molar-refractivity contribution >= 4 is 34.0 Å². The first-order valence-corrected chi connectivity index (χ1v) is 15.1. The molecule has 1 saturated carbocycles. The number of rotatable bonds is 4. The highest BCUT2D eigenvalue weighted by Gasteiger charge is 2.50. The molecule has 15 heteroatoms. The summed E-state index contributed by atoms with van der Waals surface area (Å²) in [6.45, 7) is 1.09. The fourth-order valence-electron chi connectivity index (χ4n) is 7.62. The lowest BCUT2D eigenvalue weighted by Crippen LogP contribution is -2.49. The van der Waals surface area contributed by atoms with Gasteiger partial charge in [-0.1, -0.05) is 11.6 Å². The van der Waals surface area contributed by atoms with Crippen LogP contribution < -0.4 is 20.1 Å². The summed E-state index contributed by atoms with van der Waals surface area (Å²) in [5.41, 5.74) is 1.40. The Morgan fingerprint density at radius 2 is 2.02 bits per heavy atom.